The molecule has 0 N–H and O–H groups in total. The maximum atomic E-state index is 11.1. The maximum absolute atomic E-state index is 11.1. The van der Waals surface area contributed by atoms with Crippen LogP contribution in [-0.2, 0) is 6.61 Å². The Balaban J connectivity index is 1.89. The van der Waals surface area contributed by atoms with Crippen molar-refractivity contribution in [2.75, 3.05) is 0 Å². The molecule has 100 valence electrons. The van der Waals surface area contributed by atoms with E-state index in [4.69, 9.17) is 4.74 Å². The van der Waals surface area contributed by atoms with Gasteiger partial charge in [-0.15, -0.1) is 11.3 Å². The van der Waals surface area contributed by atoms with Crippen LogP contribution in [0.4, 0.5) is 0 Å². The first-order valence-corrected chi connectivity index (χ1v) is 7.30. The molecule has 20 heavy (non-hydrogen) atoms. The normalized spacial score (nSPS) is 10.7. The molecule has 2 nitrogen and oxygen atoms in total. The molecule has 0 saturated heterocycles. The van der Waals surface area contributed by atoms with Crippen molar-refractivity contribution in [2.45, 2.75) is 13.5 Å². The van der Waals surface area contributed by atoms with Gasteiger partial charge in [-0.3, -0.25) is 4.79 Å². The second-order valence-electron chi connectivity index (χ2n) is 4.66. The smallest absolute Gasteiger partial charge is 0.153 e. The predicted molar refractivity (Wildman–Crippen MR) is 82.7 cm³/mol. The fourth-order valence-electron chi connectivity index (χ4n) is 2.26. The zero-order valence-corrected chi connectivity index (χ0v) is 11.9. The van der Waals surface area contributed by atoms with Gasteiger partial charge in [0.25, 0.3) is 0 Å². The highest BCUT2D eigenvalue weighted by molar-refractivity contribution is 7.17. The minimum absolute atomic E-state index is 0.482. The van der Waals surface area contributed by atoms with Gasteiger partial charge in [0.1, 0.15) is 12.4 Å². The Morgan fingerprint density at radius 2 is 2.00 bits per heavy atom. The van der Waals surface area contributed by atoms with Crippen molar-refractivity contribution >= 4 is 27.7 Å². The van der Waals surface area contributed by atoms with E-state index in [9.17, 15) is 4.79 Å². The molecule has 0 aliphatic rings. The fraction of sp³-hybridized carbons (Fsp3) is 0.118. The van der Waals surface area contributed by atoms with E-state index < -0.39 is 0 Å². The summed E-state index contributed by atoms with van der Waals surface area (Å²) in [5.74, 6) is 0.679. The monoisotopic (exact) mass is 282 g/mol. The van der Waals surface area contributed by atoms with Gasteiger partial charge in [-0.1, -0.05) is 30.3 Å². The van der Waals surface area contributed by atoms with Crippen LogP contribution in [0, 0.1) is 6.92 Å². The summed E-state index contributed by atoms with van der Waals surface area (Å²) in [7, 11) is 0. The largest absolute Gasteiger partial charge is 0.488 e. The van der Waals surface area contributed by atoms with Crippen LogP contribution in [0.3, 0.4) is 0 Å². The number of aldehydes is 1. The summed E-state index contributed by atoms with van der Waals surface area (Å²) >= 11 is 1.71. The van der Waals surface area contributed by atoms with E-state index in [1.165, 1.54) is 10.1 Å². The lowest BCUT2D eigenvalue weighted by Gasteiger charge is -2.10. The topological polar surface area (TPSA) is 26.3 Å². The van der Waals surface area contributed by atoms with Crippen LogP contribution >= 0.6 is 11.3 Å². The van der Waals surface area contributed by atoms with Crippen LogP contribution in [0.2, 0.25) is 0 Å². The molecule has 3 heteroatoms. The Labute approximate surface area is 121 Å². The van der Waals surface area contributed by atoms with E-state index in [2.05, 4.69) is 17.5 Å². The van der Waals surface area contributed by atoms with E-state index in [-0.39, 0.29) is 0 Å². The first-order valence-electron chi connectivity index (χ1n) is 6.42. The number of carbonyl (C=O) groups is 1. The number of hydrogen-bond acceptors (Lipinski definition) is 3. The van der Waals surface area contributed by atoms with Crippen molar-refractivity contribution in [3.05, 3.63) is 64.5 Å². The molecule has 3 rings (SSSR count). The Kier molecular flexibility index (Phi) is 3.52. The van der Waals surface area contributed by atoms with Crippen molar-refractivity contribution < 1.29 is 9.53 Å². The summed E-state index contributed by atoms with van der Waals surface area (Å²) in [5, 5.41) is 3.34. The lowest BCUT2D eigenvalue weighted by atomic mass is 10.1. The first-order chi connectivity index (χ1) is 9.79. The van der Waals surface area contributed by atoms with Crippen molar-refractivity contribution in [3.63, 3.8) is 0 Å². The number of ether oxygens (including phenoxy) is 1. The minimum Gasteiger partial charge on any atom is -0.488 e. The Morgan fingerprint density at radius 3 is 2.85 bits per heavy atom. The van der Waals surface area contributed by atoms with Crippen LogP contribution in [0.5, 0.6) is 5.75 Å². The number of benzene rings is 2. The van der Waals surface area contributed by atoms with Gasteiger partial charge in [0, 0.05) is 10.3 Å². The molecule has 0 aliphatic heterocycles. The van der Waals surface area contributed by atoms with Crippen molar-refractivity contribution in [2.24, 2.45) is 0 Å². The number of para-hydroxylation sites is 1. The minimum atomic E-state index is 0.482. The molecule has 0 amide bonds. The third-order valence-electron chi connectivity index (χ3n) is 3.30. The van der Waals surface area contributed by atoms with Gasteiger partial charge in [0.15, 0.2) is 6.29 Å². The molecule has 0 bridgehead atoms. The third kappa shape index (κ3) is 2.32. The number of aryl methyl sites for hydroxylation is 1. The van der Waals surface area contributed by atoms with Gasteiger partial charge in [-0.2, -0.15) is 0 Å². The van der Waals surface area contributed by atoms with Crippen LogP contribution < -0.4 is 4.74 Å². The van der Waals surface area contributed by atoms with Crippen molar-refractivity contribution in [3.8, 4) is 5.75 Å². The van der Waals surface area contributed by atoms with Crippen LogP contribution in [0.15, 0.2) is 47.8 Å². The zero-order chi connectivity index (χ0) is 13.9. The van der Waals surface area contributed by atoms with Crippen LogP contribution in [-0.4, -0.2) is 6.29 Å². The fourth-order valence-corrected chi connectivity index (χ4v) is 3.21. The number of thiophene rings is 1. The Morgan fingerprint density at radius 1 is 1.15 bits per heavy atom. The SMILES string of the molecule is Cc1cccc(C=O)c1OCc1csc2ccccc12. The molecule has 2 aromatic carbocycles. The van der Waals surface area contributed by atoms with Gasteiger partial charge in [0.05, 0.1) is 5.56 Å². The zero-order valence-electron chi connectivity index (χ0n) is 11.1. The summed E-state index contributed by atoms with van der Waals surface area (Å²) in [5.41, 5.74) is 2.74. The average Bonchev–Trinajstić information content (AvgIpc) is 2.89. The molecule has 0 atom stereocenters. The molecule has 0 fully saturated rings. The second-order valence-corrected chi connectivity index (χ2v) is 5.57. The first kappa shape index (κ1) is 12.9. The summed E-state index contributed by atoms with van der Waals surface area (Å²) in [6.07, 6.45) is 0.841. The van der Waals surface area contributed by atoms with E-state index in [1.54, 1.807) is 17.4 Å². The van der Waals surface area contributed by atoms with E-state index in [0.29, 0.717) is 17.9 Å². The molecular weight excluding hydrogens is 268 g/mol. The third-order valence-corrected chi connectivity index (χ3v) is 4.31. The summed E-state index contributed by atoms with van der Waals surface area (Å²) in [6, 6.07) is 13.9. The highest BCUT2D eigenvalue weighted by atomic mass is 32.1. The Bertz CT molecular complexity index is 759. The number of carbonyl (C=O) groups excluding carboxylic acids is 1. The standard InChI is InChI=1S/C17H14O2S/c1-12-5-4-6-13(9-18)17(12)19-10-14-11-20-16-8-3-2-7-15(14)16/h2-9,11H,10H2,1H3. The molecule has 0 radical (unpaired) electrons. The molecule has 3 aromatic rings. The van der Waals surface area contributed by atoms with Gasteiger partial charge in [0.2, 0.25) is 0 Å². The molecule has 1 heterocycles. The maximum Gasteiger partial charge on any atom is 0.153 e. The highest BCUT2D eigenvalue weighted by Gasteiger charge is 2.08. The summed E-state index contributed by atoms with van der Waals surface area (Å²) in [6.45, 7) is 2.43. The lowest BCUT2D eigenvalue weighted by Crippen LogP contribution is -1.99. The Hall–Kier alpha value is -2.13. The van der Waals surface area contributed by atoms with Gasteiger partial charge >= 0.3 is 0 Å². The molecule has 0 unspecified atom stereocenters. The van der Waals surface area contributed by atoms with Crippen molar-refractivity contribution in [1.29, 1.82) is 0 Å². The van der Waals surface area contributed by atoms with E-state index >= 15 is 0 Å². The second kappa shape index (κ2) is 5.47. The molecular formula is C17H14O2S. The summed E-state index contributed by atoms with van der Waals surface area (Å²) in [4.78, 5) is 11.1. The number of fused-ring (bicyclic) bond motifs is 1. The predicted octanol–water partition coefficient (Wildman–Crippen LogP) is 4.60. The quantitative estimate of drug-likeness (QED) is 0.654. The highest BCUT2D eigenvalue weighted by Crippen LogP contribution is 2.28. The van der Waals surface area contributed by atoms with Gasteiger partial charge < -0.3 is 4.74 Å². The molecule has 0 aliphatic carbocycles. The average molecular weight is 282 g/mol. The van der Waals surface area contributed by atoms with Crippen molar-refractivity contribution in [1.82, 2.24) is 0 Å². The van der Waals surface area contributed by atoms with Gasteiger partial charge in [-0.25, -0.2) is 0 Å². The number of hydrogen-bond donors (Lipinski definition) is 0. The lowest BCUT2D eigenvalue weighted by molar-refractivity contribution is 0.111. The number of rotatable bonds is 4. The summed E-state index contributed by atoms with van der Waals surface area (Å²) < 4.78 is 7.14. The van der Waals surface area contributed by atoms with Gasteiger partial charge in [-0.05, 0) is 35.4 Å². The molecule has 1 aromatic heterocycles. The molecule has 0 spiro atoms. The van der Waals surface area contributed by atoms with Crippen LogP contribution in [0.25, 0.3) is 10.1 Å². The van der Waals surface area contributed by atoms with Crippen LogP contribution in [0.1, 0.15) is 21.5 Å². The molecule has 0 saturated carbocycles. The van der Waals surface area contributed by atoms with E-state index in [0.717, 1.165) is 17.4 Å². The van der Waals surface area contributed by atoms with E-state index in [1.807, 2.05) is 31.2 Å².